The summed E-state index contributed by atoms with van der Waals surface area (Å²) in [6.45, 7) is 3.83. The Morgan fingerprint density at radius 3 is 2.80 bits per heavy atom. The fourth-order valence-electron chi connectivity index (χ4n) is 1.83. The summed E-state index contributed by atoms with van der Waals surface area (Å²) in [4.78, 5) is 11.4. The molecule has 0 bridgehead atoms. The van der Waals surface area contributed by atoms with Gasteiger partial charge in [-0.25, -0.2) is 0 Å². The van der Waals surface area contributed by atoms with Crippen LogP contribution in [0.15, 0.2) is 29.4 Å². The van der Waals surface area contributed by atoms with Crippen LogP contribution in [0.4, 0.5) is 0 Å². The molecule has 0 saturated heterocycles. The zero-order valence-electron chi connectivity index (χ0n) is 12.0. The number of methoxy groups -OCH3 is 1. The Morgan fingerprint density at radius 2 is 2.15 bits per heavy atom. The van der Waals surface area contributed by atoms with Crippen LogP contribution in [0.3, 0.4) is 0 Å². The number of aromatic nitrogens is 3. The van der Waals surface area contributed by atoms with Crippen molar-refractivity contribution in [2.45, 2.75) is 24.3 Å². The van der Waals surface area contributed by atoms with Gasteiger partial charge in [0.15, 0.2) is 11.0 Å². The second kappa shape index (κ2) is 6.09. The number of hydrogen-bond donors (Lipinski definition) is 0. The van der Waals surface area contributed by atoms with Crippen LogP contribution in [0.2, 0.25) is 0 Å². The van der Waals surface area contributed by atoms with Gasteiger partial charge in [-0.05, 0) is 19.9 Å². The molecule has 0 N–H and O–H groups in total. The fraction of sp³-hybridized carbons (Fsp3) is 0.357. The molecule has 0 aliphatic heterocycles. The molecule has 6 heteroatoms. The summed E-state index contributed by atoms with van der Waals surface area (Å²) in [5, 5.41) is 8.73. The maximum atomic E-state index is 11.4. The molecule has 1 aromatic heterocycles. The van der Waals surface area contributed by atoms with Crippen molar-refractivity contribution in [2.24, 2.45) is 7.05 Å². The molecule has 106 valence electrons. The van der Waals surface area contributed by atoms with Crippen molar-refractivity contribution in [1.82, 2.24) is 14.8 Å². The van der Waals surface area contributed by atoms with Gasteiger partial charge in [0.1, 0.15) is 5.25 Å². The zero-order valence-corrected chi connectivity index (χ0v) is 12.8. The van der Waals surface area contributed by atoms with E-state index in [1.165, 1.54) is 24.4 Å². The third kappa shape index (κ3) is 3.01. The molecule has 1 unspecified atom stereocenters. The molecule has 20 heavy (non-hydrogen) atoms. The molecular weight excluding hydrogens is 274 g/mol. The van der Waals surface area contributed by atoms with E-state index in [4.69, 9.17) is 4.74 Å². The molecule has 2 aromatic rings. The van der Waals surface area contributed by atoms with Crippen LogP contribution < -0.4 is 0 Å². The number of rotatable bonds is 4. The average Bonchev–Trinajstić information content (AvgIpc) is 2.79. The first kappa shape index (κ1) is 14.6. The van der Waals surface area contributed by atoms with Crippen molar-refractivity contribution in [3.63, 3.8) is 0 Å². The molecule has 1 heterocycles. The predicted octanol–water partition coefficient (Wildman–Crippen LogP) is 2.44. The summed E-state index contributed by atoms with van der Waals surface area (Å²) in [5.74, 6) is 0.517. The van der Waals surface area contributed by atoms with Crippen LogP contribution in [0.1, 0.15) is 12.5 Å². The van der Waals surface area contributed by atoms with E-state index in [1.54, 1.807) is 6.92 Å². The molecule has 0 spiro atoms. The van der Waals surface area contributed by atoms with Gasteiger partial charge in [-0.1, -0.05) is 35.5 Å². The Kier molecular flexibility index (Phi) is 4.44. The van der Waals surface area contributed by atoms with Gasteiger partial charge in [0.25, 0.3) is 0 Å². The molecule has 2 rings (SSSR count). The number of hydrogen-bond acceptors (Lipinski definition) is 5. The summed E-state index contributed by atoms with van der Waals surface area (Å²) < 4.78 is 6.60. The molecule has 0 amide bonds. The second-order valence-corrected chi connectivity index (χ2v) is 5.83. The molecule has 0 aliphatic carbocycles. The number of nitrogens with zero attached hydrogens (tertiary/aromatic N) is 3. The molecule has 0 aliphatic rings. The van der Waals surface area contributed by atoms with E-state index >= 15 is 0 Å². The van der Waals surface area contributed by atoms with Gasteiger partial charge >= 0.3 is 5.97 Å². The lowest BCUT2D eigenvalue weighted by Crippen LogP contribution is -2.15. The number of carbonyl (C=O) groups is 1. The number of thioether (sulfide) groups is 1. The van der Waals surface area contributed by atoms with Crippen molar-refractivity contribution in [3.05, 3.63) is 29.8 Å². The molecule has 5 nitrogen and oxygen atoms in total. The lowest BCUT2D eigenvalue weighted by atomic mass is 10.1. The monoisotopic (exact) mass is 291 g/mol. The third-order valence-corrected chi connectivity index (χ3v) is 4.04. The number of aryl methyl sites for hydroxylation is 1. The highest BCUT2D eigenvalue weighted by Gasteiger charge is 2.19. The SMILES string of the molecule is COC(=O)C(C)Sc1nnc(-c2cccc(C)c2)n1C. The van der Waals surface area contributed by atoms with Crippen molar-refractivity contribution in [3.8, 4) is 11.4 Å². The minimum Gasteiger partial charge on any atom is -0.468 e. The minimum absolute atomic E-state index is 0.268. The van der Waals surface area contributed by atoms with Crippen molar-refractivity contribution in [2.75, 3.05) is 7.11 Å². The number of ether oxygens (including phenoxy) is 1. The normalized spacial score (nSPS) is 12.2. The lowest BCUT2D eigenvalue weighted by Gasteiger charge is -2.08. The van der Waals surface area contributed by atoms with E-state index in [9.17, 15) is 4.79 Å². The van der Waals surface area contributed by atoms with Crippen molar-refractivity contribution < 1.29 is 9.53 Å². The minimum atomic E-state index is -0.312. The summed E-state index contributed by atoms with van der Waals surface area (Å²) >= 11 is 1.34. The van der Waals surface area contributed by atoms with Gasteiger partial charge in [0.2, 0.25) is 0 Å². The highest BCUT2D eigenvalue weighted by atomic mass is 32.2. The Bertz CT molecular complexity index is 625. The Balaban J connectivity index is 2.25. The molecule has 1 aromatic carbocycles. The third-order valence-electron chi connectivity index (χ3n) is 2.93. The van der Waals surface area contributed by atoms with Gasteiger partial charge in [0.05, 0.1) is 7.11 Å². The summed E-state index contributed by atoms with van der Waals surface area (Å²) in [5.41, 5.74) is 2.18. The van der Waals surface area contributed by atoms with Gasteiger partial charge in [0, 0.05) is 12.6 Å². The lowest BCUT2D eigenvalue weighted by molar-refractivity contribution is -0.139. The molecule has 0 fully saturated rings. The van der Waals surface area contributed by atoms with Crippen LogP contribution in [0.5, 0.6) is 0 Å². The first-order chi connectivity index (χ1) is 9.52. The Labute approximate surface area is 122 Å². The summed E-state index contributed by atoms with van der Waals surface area (Å²) in [7, 11) is 3.28. The van der Waals surface area contributed by atoms with E-state index in [0.717, 1.165) is 11.4 Å². The largest absolute Gasteiger partial charge is 0.468 e. The van der Waals surface area contributed by atoms with Gasteiger partial charge in [-0.3, -0.25) is 4.79 Å². The molecule has 0 radical (unpaired) electrons. The van der Waals surface area contributed by atoms with E-state index in [2.05, 4.69) is 16.3 Å². The van der Waals surface area contributed by atoms with Crippen LogP contribution in [0.25, 0.3) is 11.4 Å². The second-order valence-electron chi connectivity index (χ2n) is 4.52. The number of esters is 1. The maximum absolute atomic E-state index is 11.4. The van der Waals surface area contributed by atoms with E-state index in [1.807, 2.05) is 36.7 Å². The summed E-state index contributed by atoms with van der Waals surface area (Å²) in [6.07, 6.45) is 0. The van der Waals surface area contributed by atoms with Gasteiger partial charge in [-0.2, -0.15) is 0 Å². The smallest absolute Gasteiger partial charge is 0.318 e. The Hall–Kier alpha value is -1.82. The maximum Gasteiger partial charge on any atom is 0.318 e. The fourth-order valence-corrected chi connectivity index (χ4v) is 2.67. The zero-order chi connectivity index (χ0) is 14.7. The number of benzene rings is 1. The van der Waals surface area contributed by atoms with E-state index in [-0.39, 0.29) is 11.2 Å². The first-order valence-corrected chi connectivity index (χ1v) is 7.12. The number of carbonyl (C=O) groups excluding carboxylic acids is 1. The van der Waals surface area contributed by atoms with E-state index in [0.29, 0.717) is 5.16 Å². The van der Waals surface area contributed by atoms with Crippen LogP contribution >= 0.6 is 11.8 Å². The van der Waals surface area contributed by atoms with Crippen molar-refractivity contribution in [1.29, 1.82) is 0 Å². The predicted molar refractivity (Wildman–Crippen MR) is 78.5 cm³/mol. The highest BCUT2D eigenvalue weighted by Crippen LogP contribution is 2.26. The van der Waals surface area contributed by atoms with Crippen molar-refractivity contribution >= 4 is 17.7 Å². The molecule has 1 atom stereocenters. The van der Waals surface area contributed by atoms with E-state index < -0.39 is 0 Å². The molecule has 0 saturated carbocycles. The first-order valence-electron chi connectivity index (χ1n) is 6.24. The topological polar surface area (TPSA) is 57.0 Å². The average molecular weight is 291 g/mol. The summed E-state index contributed by atoms with van der Waals surface area (Å²) in [6, 6.07) is 8.08. The quantitative estimate of drug-likeness (QED) is 0.639. The van der Waals surface area contributed by atoms with Crippen LogP contribution in [-0.4, -0.2) is 33.1 Å². The van der Waals surface area contributed by atoms with Gasteiger partial charge in [-0.15, -0.1) is 10.2 Å². The Morgan fingerprint density at radius 1 is 1.40 bits per heavy atom. The van der Waals surface area contributed by atoms with Gasteiger partial charge < -0.3 is 9.30 Å². The van der Waals surface area contributed by atoms with Crippen LogP contribution in [-0.2, 0) is 16.6 Å². The standard InChI is InChI=1S/C14H17N3O2S/c1-9-6-5-7-11(8-9)12-15-16-14(17(12)3)20-10(2)13(18)19-4/h5-8,10H,1-4H3. The van der Waals surface area contributed by atoms with Crippen LogP contribution in [0, 0.1) is 6.92 Å². The molecular formula is C14H17N3O2S. The highest BCUT2D eigenvalue weighted by molar-refractivity contribution is 8.00.